The number of rotatable bonds is 3. The number of amides is 1. The van der Waals surface area contributed by atoms with Crippen molar-refractivity contribution >= 4 is 11.9 Å². The standard InChI is InChI=1S/C15H18N2O5/c18-13(11-2-1-3-12(17-11)14(19)20)16-10-4-6-22-15(8-10)5-7-21-9-15/h1-3,10H,4-9H2,(H,16,18)(H,19,20). The molecular weight excluding hydrogens is 288 g/mol. The van der Waals surface area contributed by atoms with Gasteiger partial charge in [0.2, 0.25) is 0 Å². The predicted octanol–water partition coefficient (Wildman–Crippen LogP) is 0.848. The third kappa shape index (κ3) is 3.10. The van der Waals surface area contributed by atoms with E-state index in [4.69, 9.17) is 14.6 Å². The average molecular weight is 306 g/mol. The summed E-state index contributed by atoms with van der Waals surface area (Å²) in [6, 6.07) is 4.37. The van der Waals surface area contributed by atoms with Gasteiger partial charge in [-0.25, -0.2) is 9.78 Å². The highest BCUT2D eigenvalue weighted by atomic mass is 16.6. The molecule has 2 aliphatic heterocycles. The van der Waals surface area contributed by atoms with Crippen molar-refractivity contribution < 1.29 is 24.2 Å². The maximum atomic E-state index is 12.3. The molecule has 2 aliphatic rings. The summed E-state index contributed by atoms with van der Waals surface area (Å²) in [5.41, 5.74) is -0.310. The Hall–Kier alpha value is -1.99. The Morgan fingerprint density at radius 2 is 2.14 bits per heavy atom. The first kappa shape index (κ1) is 14.9. The molecule has 1 spiro atoms. The van der Waals surface area contributed by atoms with Gasteiger partial charge in [-0.2, -0.15) is 0 Å². The number of nitrogens with zero attached hydrogens (tertiary/aromatic N) is 1. The van der Waals surface area contributed by atoms with Crippen molar-refractivity contribution in [3.8, 4) is 0 Å². The van der Waals surface area contributed by atoms with Gasteiger partial charge in [0.15, 0.2) is 0 Å². The Labute approximate surface area is 127 Å². The Balaban J connectivity index is 1.66. The summed E-state index contributed by atoms with van der Waals surface area (Å²) in [6.45, 7) is 1.83. The molecular formula is C15H18N2O5. The first-order valence-electron chi connectivity index (χ1n) is 7.31. The van der Waals surface area contributed by atoms with Crippen molar-refractivity contribution in [2.24, 2.45) is 0 Å². The van der Waals surface area contributed by atoms with Gasteiger partial charge < -0.3 is 19.9 Å². The second-order valence-electron chi connectivity index (χ2n) is 5.71. The average Bonchev–Trinajstić information content (AvgIpc) is 2.95. The molecule has 1 aromatic rings. The zero-order chi connectivity index (χ0) is 15.6. The van der Waals surface area contributed by atoms with Gasteiger partial charge in [-0.1, -0.05) is 6.07 Å². The number of aromatic carboxylic acids is 1. The van der Waals surface area contributed by atoms with E-state index in [2.05, 4.69) is 10.3 Å². The second-order valence-corrected chi connectivity index (χ2v) is 5.71. The van der Waals surface area contributed by atoms with Crippen molar-refractivity contribution in [1.29, 1.82) is 0 Å². The normalized spacial score (nSPS) is 27.7. The van der Waals surface area contributed by atoms with Gasteiger partial charge in [-0.15, -0.1) is 0 Å². The van der Waals surface area contributed by atoms with Gasteiger partial charge in [-0.05, 0) is 25.0 Å². The number of carbonyl (C=O) groups is 2. The largest absolute Gasteiger partial charge is 0.477 e. The lowest BCUT2D eigenvalue weighted by Crippen LogP contribution is -2.49. The van der Waals surface area contributed by atoms with E-state index < -0.39 is 5.97 Å². The lowest BCUT2D eigenvalue weighted by atomic mass is 9.89. The molecule has 2 saturated heterocycles. The highest BCUT2D eigenvalue weighted by Crippen LogP contribution is 2.32. The van der Waals surface area contributed by atoms with Crippen LogP contribution in [0.15, 0.2) is 18.2 Å². The summed E-state index contributed by atoms with van der Waals surface area (Å²) < 4.78 is 11.2. The predicted molar refractivity (Wildman–Crippen MR) is 75.8 cm³/mol. The summed E-state index contributed by atoms with van der Waals surface area (Å²) in [6.07, 6.45) is 2.27. The summed E-state index contributed by atoms with van der Waals surface area (Å²) in [4.78, 5) is 27.0. The van der Waals surface area contributed by atoms with E-state index in [1.165, 1.54) is 18.2 Å². The van der Waals surface area contributed by atoms with Crippen LogP contribution in [0.5, 0.6) is 0 Å². The highest BCUT2D eigenvalue weighted by molar-refractivity contribution is 5.94. The number of ether oxygens (including phenoxy) is 2. The molecule has 2 fully saturated rings. The molecule has 0 aliphatic carbocycles. The minimum Gasteiger partial charge on any atom is -0.477 e. The fraction of sp³-hybridized carbons (Fsp3) is 0.533. The molecule has 22 heavy (non-hydrogen) atoms. The number of pyridine rings is 1. The number of carbonyl (C=O) groups excluding carboxylic acids is 1. The van der Waals surface area contributed by atoms with Gasteiger partial charge in [0.05, 0.1) is 12.2 Å². The van der Waals surface area contributed by atoms with E-state index >= 15 is 0 Å². The van der Waals surface area contributed by atoms with Gasteiger partial charge in [0, 0.05) is 25.7 Å². The Morgan fingerprint density at radius 1 is 1.32 bits per heavy atom. The molecule has 3 heterocycles. The maximum absolute atomic E-state index is 12.3. The molecule has 2 unspecified atom stereocenters. The van der Waals surface area contributed by atoms with Gasteiger partial charge in [0.1, 0.15) is 11.4 Å². The van der Waals surface area contributed by atoms with Crippen LogP contribution < -0.4 is 5.32 Å². The third-order valence-corrected chi connectivity index (χ3v) is 4.10. The molecule has 0 aromatic carbocycles. The van der Waals surface area contributed by atoms with Crippen LogP contribution >= 0.6 is 0 Å². The first-order chi connectivity index (χ1) is 10.6. The summed E-state index contributed by atoms with van der Waals surface area (Å²) >= 11 is 0. The molecule has 3 rings (SSSR count). The topological polar surface area (TPSA) is 97.8 Å². The monoisotopic (exact) mass is 306 g/mol. The van der Waals surface area contributed by atoms with E-state index in [9.17, 15) is 9.59 Å². The second kappa shape index (κ2) is 6.02. The molecule has 7 heteroatoms. The van der Waals surface area contributed by atoms with Crippen LogP contribution in [0.3, 0.4) is 0 Å². The molecule has 7 nitrogen and oxygen atoms in total. The summed E-state index contributed by atoms with van der Waals surface area (Å²) in [5, 5.41) is 11.8. The van der Waals surface area contributed by atoms with Crippen LogP contribution in [0.1, 0.15) is 40.2 Å². The molecule has 0 radical (unpaired) electrons. The zero-order valence-electron chi connectivity index (χ0n) is 12.1. The molecule has 1 amide bonds. The van der Waals surface area contributed by atoms with E-state index in [-0.39, 0.29) is 28.9 Å². The molecule has 2 N–H and O–H groups in total. The number of carboxylic acid groups (broad SMARTS) is 1. The van der Waals surface area contributed by atoms with Crippen molar-refractivity contribution in [1.82, 2.24) is 10.3 Å². The maximum Gasteiger partial charge on any atom is 0.354 e. The summed E-state index contributed by atoms with van der Waals surface area (Å²) in [5.74, 6) is -1.51. The van der Waals surface area contributed by atoms with Crippen LogP contribution in [0, 0.1) is 0 Å². The quantitative estimate of drug-likeness (QED) is 0.859. The summed E-state index contributed by atoms with van der Waals surface area (Å²) in [7, 11) is 0. The number of nitrogens with one attached hydrogen (secondary N) is 1. The van der Waals surface area contributed by atoms with Gasteiger partial charge in [-0.3, -0.25) is 4.79 Å². The van der Waals surface area contributed by atoms with E-state index in [1.807, 2.05) is 0 Å². The Morgan fingerprint density at radius 3 is 2.86 bits per heavy atom. The lowest BCUT2D eigenvalue weighted by molar-refractivity contribution is -0.0881. The first-order valence-corrected chi connectivity index (χ1v) is 7.31. The number of hydrogen-bond acceptors (Lipinski definition) is 5. The molecule has 0 saturated carbocycles. The minimum atomic E-state index is -1.15. The highest BCUT2D eigenvalue weighted by Gasteiger charge is 2.41. The number of hydrogen-bond donors (Lipinski definition) is 2. The SMILES string of the molecule is O=C(O)c1cccc(C(=O)NC2CCOC3(CCOC3)C2)n1. The van der Waals surface area contributed by atoms with Crippen LogP contribution in [-0.2, 0) is 9.47 Å². The fourth-order valence-electron chi connectivity index (χ4n) is 2.95. The number of carboxylic acids is 1. The van der Waals surface area contributed by atoms with Crippen molar-refractivity contribution in [2.45, 2.75) is 30.9 Å². The Bertz CT molecular complexity index is 583. The number of aromatic nitrogens is 1. The van der Waals surface area contributed by atoms with E-state index in [0.29, 0.717) is 26.2 Å². The van der Waals surface area contributed by atoms with Crippen LogP contribution in [0.4, 0.5) is 0 Å². The fourth-order valence-corrected chi connectivity index (χ4v) is 2.95. The molecule has 1 aromatic heterocycles. The van der Waals surface area contributed by atoms with E-state index in [1.54, 1.807) is 0 Å². The zero-order valence-corrected chi connectivity index (χ0v) is 12.1. The van der Waals surface area contributed by atoms with Gasteiger partial charge >= 0.3 is 5.97 Å². The van der Waals surface area contributed by atoms with Crippen LogP contribution in [0.2, 0.25) is 0 Å². The van der Waals surface area contributed by atoms with Crippen LogP contribution in [-0.4, -0.2) is 53.4 Å². The smallest absolute Gasteiger partial charge is 0.354 e. The Kier molecular flexibility index (Phi) is 4.08. The third-order valence-electron chi connectivity index (χ3n) is 4.10. The van der Waals surface area contributed by atoms with Crippen molar-refractivity contribution in [2.75, 3.05) is 19.8 Å². The van der Waals surface area contributed by atoms with E-state index in [0.717, 1.165) is 12.8 Å². The van der Waals surface area contributed by atoms with Crippen molar-refractivity contribution in [3.63, 3.8) is 0 Å². The van der Waals surface area contributed by atoms with Crippen molar-refractivity contribution in [3.05, 3.63) is 29.6 Å². The molecule has 2 atom stereocenters. The van der Waals surface area contributed by atoms with Crippen LogP contribution in [0.25, 0.3) is 0 Å². The van der Waals surface area contributed by atoms with Gasteiger partial charge in [0.25, 0.3) is 5.91 Å². The lowest BCUT2D eigenvalue weighted by Gasteiger charge is -2.37. The molecule has 0 bridgehead atoms. The minimum absolute atomic E-state index is 0.0155. The molecule has 118 valence electrons.